The summed E-state index contributed by atoms with van der Waals surface area (Å²) in [7, 11) is 1.90. The fraction of sp³-hybridized carbons (Fsp3) is 0.400. The van der Waals surface area contributed by atoms with Gasteiger partial charge in [0.05, 0.1) is 5.56 Å². The lowest BCUT2D eigenvalue weighted by Gasteiger charge is -2.32. The minimum Gasteiger partial charge on any atom is -0.490 e. The minimum absolute atomic E-state index is 0.0549. The normalized spacial score (nSPS) is 15.1. The second kappa shape index (κ2) is 7.55. The van der Waals surface area contributed by atoms with Gasteiger partial charge in [-0.2, -0.15) is 0 Å². The van der Waals surface area contributed by atoms with Crippen molar-refractivity contribution in [2.75, 3.05) is 25.5 Å². The van der Waals surface area contributed by atoms with Crippen LogP contribution in [0, 0.1) is 13.8 Å². The maximum absolute atomic E-state index is 12.6. The van der Waals surface area contributed by atoms with Gasteiger partial charge >= 0.3 is 0 Å². The predicted molar refractivity (Wildman–Crippen MR) is 99.3 cm³/mol. The molecule has 0 spiro atoms. The molecule has 0 unspecified atom stereocenters. The summed E-state index contributed by atoms with van der Waals surface area (Å²) in [4.78, 5) is 18.7. The van der Waals surface area contributed by atoms with Crippen LogP contribution in [0.25, 0.3) is 0 Å². The number of carbonyl (C=O) groups is 1. The van der Waals surface area contributed by atoms with E-state index in [0.717, 1.165) is 35.5 Å². The van der Waals surface area contributed by atoms with Crippen LogP contribution >= 0.6 is 0 Å². The van der Waals surface area contributed by atoms with Gasteiger partial charge in [-0.3, -0.25) is 9.78 Å². The number of benzene rings is 1. The SMILES string of the molecule is CNc1ccc(C)c(OC2CCN(C(=O)c3ccc(C)nc3)CC2)c1. The summed E-state index contributed by atoms with van der Waals surface area (Å²) in [6, 6.07) is 9.86. The van der Waals surface area contributed by atoms with Gasteiger partial charge in [0.2, 0.25) is 0 Å². The molecule has 25 heavy (non-hydrogen) atoms. The standard InChI is InChI=1S/C20H25N3O2/c1-14-4-7-17(21-3)12-19(14)25-18-8-10-23(11-9-18)20(24)16-6-5-15(2)22-13-16/h4-7,12-13,18,21H,8-11H2,1-3H3. The van der Waals surface area contributed by atoms with Gasteiger partial charge in [0.25, 0.3) is 5.91 Å². The Bertz CT molecular complexity index is 735. The number of anilines is 1. The molecule has 1 saturated heterocycles. The Morgan fingerprint density at radius 3 is 2.60 bits per heavy atom. The van der Waals surface area contributed by atoms with Crippen molar-refractivity contribution in [3.8, 4) is 5.75 Å². The average Bonchev–Trinajstić information content (AvgIpc) is 2.64. The van der Waals surface area contributed by atoms with Crippen LogP contribution < -0.4 is 10.1 Å². The van der Waals surface area contributed by atoms with E-state index in [9.17, 15) is 4.79 Å². The molecule has 5 nitrogen and oxygen atoms in total. The van der Waals surface area contributed by atoms with E-state index >= 15 is 0 Å². The molecule has 1 fully saturated rings. The van der Waals surface area contributed by atoms with E-state index in [-0.39, 0.29) is 12.0 Å². The fourth-order valence-electron chi connectivity index (χ4n) is 3.02. The molecule has 2 aromatic rings. The summed E-state index contributed by atoms with van der Waals surface area (Å²) in [6.45, 7) is 5.39. The van der Waals surface area contributed by atoms with Crippen LogP contribution in [0.5, 0.6) is 5.75 Å². The lowest BCUT2D eigenvalue weighted by atomic mass is 10.1. The summed E-state index contributed by atoms with van der Waals surface area (Å²) in [5.41, 5.74) is 3.74. The first-order valence-corrected chi connectivity index (χ1v) is 8.74. The van der Waals surface area contributed by atoms with Crippen LogP contribution in [-0.2, 0) is 0 Å². The van der Waals surface area contributed by atoms with Crippen molar-refractivity contribution in [3.63, 3.8) is 0 Å². The fourth-order valence-corrected chi connectivity index (χ4v) is 3.02. The van der Waals surface area contributed by atoms with Crippen molar-refractivity contribution in [3.05, 3.63) is 53.3 Å². The van der Waals surface area contributed by atoms with Crippen LogP contribution in [0.2, 0.25) is 0 Å². The van der Waals surface area contributed by atoms with Crippen LogP contribution in [0.3, 0.4) is 0 Å². The Morgan fingerprint density at radius 1 is 1.20 bits per heavy atom. The number of hydrogen-bond acceptors (Lipinski definition) is 4. The molecular formula is C20H25N3O2. The number of ether oxygens (including phenoxy) is 1. The van der Waals surface area contributed by atoms with Crippen molar-refractivity contribution in [1.82, 2.24) is 9.88 Å². The second-order valence-corrected chi connectivity index (χ2v) is 6.53. The molecule has 1 aliphatic rings. The summed E-state index contributed by atoms with van der Waals surface area (Å²) >= 11 is 0. The highest BCUT2D eigenvalue weighted by molar-refractivity contribution is 5.94. The molecule has 0 atom stereocenters. The van der Waals surface area contributed by atoms with Crippen molar-refractivity contribution < 1.29 is 9.53 Å². The van der Waals surface area contributed by atoms with Crippen molar-refractivity contribution in [2.45, 2.75) is 32.8 Å². The van der Waals surface area contributed by atoms with Gasteiger partial charge in [0.15, 0.2) is 0 Å². The number of aromatic nitrogens is 1. The summed E-state index contributed by atoms with van der Waals surface area (Å²) in [6.07, 6.45) is 3.49. The van der Waals surface area contributed by atoms with E-state index < -0.39 is 0 Å². The molecule has 1 amide bonds. The van der Waals surface area contributed by atoms with Gasteiger partial charge < -0.3 is 15.0 Å². The first-order chi connectivity index (χ1) is 12.1. The molecule has 0 bridgehead atoms. The van der Waals surface area contributed by atoms with E-state index in [1.165, 1.54) is 0 Å². The van der Waals surface area contributed by atoms with Gasteiger partial charge in [-0.1, -0.05) is 6.07 Å². The Morgan fingerprint density at radius 2 is 1.96 bits per heavy atom. The molecule has 1 aromatic carbocycles. The van der Waals surface area contributed by atoms with Gasteiger partial charge in [-0.05, 0) is 37.6 Å². The molecule has 1 aromatic heterocycles. The highest BCUT2D eigenvalue weighted by atomic mass is 16.5. The van der Waals surface area contributed by atoms with Gasteiger partial charge in [0, 0.05) is 56.6 Å². The van der Waals surface area contributed by atoms with Crippen LogP contribution in [-0.4, -0.2) is 42.0 Å². The molecule has 0 saturated carbocycles. The zero-order valence-corrected chi connectivity index (χ0v) is 15.1. The summed E-state index contributed by atoms with van der Waals surface area (Å²) in [5.74, 6) is 0.971. The summed E-state index contributed by atoms with van der Waals surface area (Å²) in [5, 5.41) is 3.14. The molecule has 1 aliphatic heterocycles. The predicted octanol–water partition coefficient (Wildman–Crippen LogP) is 3.42. The number of aryl methyl sites for hydroxylation is 2. The second-order valence-electron chi connectivity index (χ2n) is 6.53. The Balaban J connectivity index is 1.58. The molecule has 3 rings (SSSR count). The largest absolute Gasteiger partial charge is 0.490 e. The minimum atomic E-state index is 0.0549. The zero-order chi connectivity index (χ0) is 17.8. The first-order valence-electron chi connectivity index (χ1n) is 8.74. The number of rotatable bonds is 4. The number of amides is 1. The molecule has 5 heteroatoms. The van der Waals surface area contributed by atoms with E-state index in [0.29, 0.717) is 18.7 Å². The molecule has 1 N–H and O–H groups in total. The number of carbonyl (C=O) groups excluding carboxylic acids is 1. The number of pyridine rings is 1. The average molecular weight is 339 g/mol. The van der Waals surface area contributed by atoms with Crippen LogP contribution in [0.4, 0.5) is 5.69 Å². The maximum atomic E-state index is 12.6. The molecular weight excluding hydrogens is 314 g/mol. The van der Waals surface area contributed by atoms with E-state index in [1.54, 1.807) is 6.20 Å². The van der Waals surface area contributed by atoms with Gasteiger partial charge in [0.1, 0.15) is 11.9 Å². The third kappa shape index (κ3) is 4.10. The molecule has 132 valence electrons. The summed E-state index contributed by atoms with van der Waals surface area (Å²) < 4.78 is 6.19. The Hall–Kier alpha value is -2.56. The van der Waals surface area contributed by atoms with E-state index in [2.05, 4.69) is 23.3 Å². The number of likely N-dealkylation sites (tertiary alicyclic amines) is 1. The number of nitrogens with one attached hydrogen (secondary N) is 1. The number of hydrogen-bond donors (Lipinski definition) is 1. The van der Waals surface area contributed by atoms with Crippen LogP contribution in [0.1, 0.15) is 34.5 Å². The number of piperidine rings is 1. The number of nitrogens with zero attached hydrogens (tertiary/aromatic N) is 2. The third-order valence-corrected chi connectivity index (χ3v) is 4.66. The van der Waals surface area contributed by atoms with Crippen molar-refractivity contribution >= 4 is 11.6 Å². The topological polar surface area (TPSA) is 54.5 Å². The highest BCUT2D eigenvalue weighted by Crippen LogP contribution is 2.26. The Labute approximate surface area is 149 Å². The van der Waals surface area contributed by atoms with Gasteiger partial charge in [-0.25, -0.2) is 0 Å². The molecule has 2 heterocycles. The van der Waals surface area contributed by atoms with Gasteiger partial charge in [-0.15, -0.1) is 0 Å². The quantitative estimate of drug-likeness (QED) is 0.927. The molecule has 0 aliphatic carbocycles. The zero-order valence-electron chi connectivity index (χ0n) is 15.1. The smallest absolute Gasteiger partial charge is 0.255 e. The molecule has 0 radical (unpaired) electrons. The monoisotopic (exact) mass is 339 g/mol. The van der Waals surface area contributed by atoms with Crippen LogP contribution in [0.15, 0.2) is 36.5 Å². The lowest BCUT2D eigenvalue weighted by Crippen LogP contribution is -2.41. The lowest BCUT2D eigenvalue weighted by molar-refractivity contribution is 0.0594. The van der Waals surface area contributed by atoms with E-state index in [1.807, 2.05) is 43.1 Å². The Kier molecular flexibility index (Phi) is 5.22. The van der Waals surface area contributed by atoms with Crippen molar-refractivity contribution in [2.24, 2.45) is 0 Å². The third-order valence-electron chi connectivity index (χ3n) is 4.66. The van der Waals surface area contributed by atoms with E-state index in [4.69, 9.17) is 4.74 Å². The first kappa shape index (κ1) is 17.3. The highest BCUT2D eigenvalue weighted by Gasteiger charge is 2.25. The van der Waals surface area contributed by atoms with Crippen molar-refractivity contribution in [1.29, 1.82) is 0 Å². The maximum Gasteiger partial charge on any atom is 0.255 e.